The van der Waals surface area contributed by atoms with Crippen LogP contribution in [0.15, 0.2) is 12.3 Å². The molecule has 1 fully saturated rings. The number of rotatable bonds is 5. The number of aromatic nitrogens is 1. The Morgan fingerprint density at radius 3 is 2.95 bits per heavy atom. The van der Waals surface area contributed by atoms with Crippen molar-refractivity contribution >= 4 is 15.7 Å². The van der Waals surface area contributed by atoms with Crippen molar-refractivity contribution in [1.82, 2.24) is 10.3 Å². The lowest BCUT2D eigenvalue weighted by molar-refractivity contribution is 0.563. The van der Waals surface area contributed by atoms with Crippen LogP contribution in [-0.4, -0.2) is 44.0 Å². The zero-order valence-electron chi connectivity index (χ0n) is 12.5. The van der Waals surface area contributed by atoms with Gasteiger partial charge < -0.3 is 10.2 Å². The number of nitrogens with zero attached hydrogens (tertiary/aromatic N) is 2. The molecule has 0 amide bonds. The van der Waals surface area contributed by atoms with Gasteiger partial charge in [-0.1, -0.05) is 6.92 Å². The SMILES string of the molecule is CCCNCc1cc(F)cnc1N1CCS(=O)(=O)CC1C. The molecule has 1 aromatic rings. The van der Waals surface area contributed by atoms with Crippen LogP contribution in [0, 0.1) is 5.82 Å². The number of sulfone groups is 1. The van der Waals surface area contributed by atoms with E-state index in [0.717, 1.165) is 18.5 Å². The molecule has 0 aromatic carbocycles. The first-order chi connectivity index (χ1) is 9.93. The fraction of sp³-hybridized carbons (Fsp3) is 0.643. The Hall–Kier alpha value is -1.21. The molecule has 0 radical (unpaired) electrons. The van der Waals surface area contributed by atoms with E-state index in [0.29, 0.717) is 18.9 Å². The maximum atomic E-state index is 13.4. The van der Waals surface area contributed by atoms with Gasteiger partial charge in [-0.3, -0.25) is 0 Å². The fourth-order valence-electron chi connectivity index (χ4n) is 2.58. The van der Waals surface area contributed by atoms with E-state index in [9.17, 15) is 12.8 Å². The number of hydrogen-bond donors (Lipinski definition) is 1. The second-order valence-electron chi connectivity index (χ2n) is 5.47. The third kappa shape index (κ3) is 4.14. The van der Waals surface area contributed by atoms with Gasteiger partial charge in [0.05, 0.1) is 17.7 Å². The summed E-state index contributed by atoms with van der Waals surface area (Å²) >= 11 is 0. The molecule has 1 N–H and O–H groups in total. The van der Waals surface area contributed by atoms with Gasteiger partial charge in [0.25, 0.3) is 0 Å². The third-order valence-corrected chi connectivity index (χ3v) is 5.39. The number of halogens is 1. The molecule has 118 valence electrons. The summed E-state index contributed by atoms with van der Waals surface area (Å²) in [7, 11) is -2.97. The van der Waals surface area contributed by atoms with Crippen LogP contribution < -0.4 is 10.2 Å². The zero-order chi connectivity index (χ0) is 15.5. The maximum absolute atomic E-state index is 13.4. The summed E-state index contributed by atoms with van der Waals surface area (Å²) < 4.78 is 36.8. The molecule has 0 saturated carbocycles. The predicted molar refractivity (Wildman–Crippen MR) is 81.7 cm³/mol. The molecule has 1 aliphatic rings. The largest absolute Gasteiger partial charge is 0.352 e. The summed E-state index contributed by atoms with van der Waals surface area (Å²) in [4.78, 5) is 6.16. The van der Waals surface area contributed by atoms with E-state index in [2.05, 4.69) is 17.2 Å². The highest BCUT2D eigenvalue weighted by Gasteiger charge is 2.30. The van der Waals surface area contributed by atoms with Gasteiger partial charge in [0, 0.05) is 24.7 Å². The minimum Gasteiger partial charge on any atom is -0.352 e. The molecule has 0 bridgehead atoms. The van der Waals surface area contributed by atoms with E-state index in [1.54, 1.807) is 0 Å². The zero-order valence-corrected chi connectivity index (χ0v) is 13.3. The highest BCUT2D eigenvalue weighted by atomic mass is 32.2. The first kappa shape index (κ1) is 16.2. The smallest absolute Gasteiger partial charge is 0.154 e. The van der Waals surface area contributed by atoms with Crippen LogP contribution in [0.2, 0.25) is 0 Å². The van der Waals surface area contributed by atoms with Crippen molar-refractivity contribution in [3.8, 4) is 0 Å². The fourth-order valence-corrected chi connectivity index (χ4v) is 4.13. The van der Waals surface area contributed by atoms with Crippen LogP contribution in [0.5, 0.6) is 0 Å². The Morgan fingerprint density at radius 1 is 1.52 bits per heavy atom. The molecule has 21 heavy (non-hydrogen) atoms. The topological polar surface area (TPSA) is 62.3 Å². The minimum absolute atomic E-state index is 0.119. The standard InChI is InChI=1S/C14H22FN3O2S/c1-3-4-16-8-12-7-13(15)9-17-14(12)18-5-6-21(19,20)10-11(18)2/h7,9,11,16H,3-6,8,10H2,1-2H3. The second-order valence-corrected chi connectivity index (χ2v) is 7.70. The monoisotopic (exact) mass is 315 g/mol. The third-order valence-electron chi connectivity index (χ3n) is 3.59. The van der Waals surface area contributed by atoms with Gasteiger partial charge in [0.1, 0.15) is 11.6 Å². The summed E-state index contributed by atoms with van der Waals surface area (Å²) in [5, 5.41) is 3.24. The van der Waals surface area contributed by atoms with Gasteiger partial charge in [-0.05, 0) is 26.0 Å². The number of nitrogens with one attached hydrogen (secondary N) is 1. The molecule has 1 saturated heterocycles. The summed E-state index contributed by atoms with van der Waals surface area (Å²) in [5.41, 5.74) is 0.773. The van der Waals surface area contributed by atoms with Gasteiger partial charge in [-0.15, -0.1) is 0 Å². The highest BCUT2D eigenvalue weighted by molar-refractivity contribution is 7.91. The average molecular weight is 315 g/mol. The van der Waals surface area contributed by atoms with Crippen molar-refractivity contribution in [2.75, 3.05) is 29.5 Å². The van der Waals surface area contributed by atoms with Gasteiger partial charge in [-0.25, -0.2) is 17.8 Å². The van der Waals surface area contributed by atoms with Gasteiger partial charge in [0.2, 0.25) is 0 Å². The molecule has 0 spiro atoms. The molecule has 1 atom stereocenters. The molecular weight excluding hydrogens is 293 g/mol. The van der Waals surface area contributed by atoms with Crippen LogP contribution in [0.3, 0.4) is 0 Å². The molecule has 1 aliphatic heterocycles. The molecule has 1 unspecified atom stereocenters. The summed E-state index contributed by atoms with van der Waals surface area (Å²) in [6.07, 6.45) is 2.19. The van der Waals surface area contributed by atoms with Crippen molar-refractivity contribution in [2.45, 2.75) is 32.9 Å². The molecule has 2 rings (SSSR count). The first-order valence-corrected chi connectivity index (χ1v) is 9.07. The normalized spacial score (nSPS) is 21.5. The van der Waals surface area contributed by atoms with Crippen LogP contribution in [0.4, 0.5) is 10.2 Å². The molecule has 1 aromatic heterocycles. The summed E-state index contributed by atoms with van der Waals surface area (Å²) in [6, 6.07) is 1.33. The van der Waals surface area contributed by atoms with Crippen LogP contribution in [0.1, 0.15) is 25.8 Å². The van der Waals surface area contributed by atoms with Crippen molar-refractivity contribution in [3.63, 3.8) is 0 Å². The Bertz CT molecular complexity index is 592. The Balaban J connectivity index is 2.22. The van der Waals surface area contributed by atoms with Gasteiger partial charge in [-0.2, -0.15) is 0 Å². The quantitative estimate of drug-likeness (QED) is 0.831. The van der Waals surface area contributed by atoms with Gasteiger partial charge in [0.15, 0.2) is 9.84 Å². The summed E-state index contributed by atoms with van der Waals surface area (Å²) in [6.45, 7) is 5.72. The Morgan fingerprint density at radius 2 is 2.29 bits per heavy atom. The second kappa shape index (κ2) is 6.70. The van der Waals surface area contributed by atoms with E-state index in [-0.39, 0.29) is 23.4 Å². The van der Waals surface area contributed by atoms with Crippen molar-refractivity contribution in [1.29, 1.82) is 0 Å². The van der Waals surface area contributed by atoms with E-state index in [1.807, 2.05) is 11.8 Å². The number of anilines is 1. The summed E-state index contributed by atoms with van der Waals surface area (Å²) in [5.74, 6) is 0.554. The average Bonchev–Trinajstić information content (AvgIpc) is 2.39. The first-order valence-electron chi connectivity index (χ1n) is 7.25. The molecule has 5 nitrogen and oxygen atoms in total. The molecule has 7 heteroatoms. The highest BCUT2D eigenvalue weighted by Crippen LogP contribution is 2.24. The van der Waals surface area contributed by atoms with E-state index >= 15 is 0 Å². The lowest BCUT2D eigenvalue weighted by Gasteiger charge is -2.35. The Labute approximate surface area is 125 Å². The van der Waals surface area contributed by atoms with Crippen molar-refractivity contribution in [2.24, 2.45) is 0 Å². The Kier molecular flexibility index (Phi) is 5.16. The lowest BCUT2D eigenvalue weighted by Crippen LogP contribution is -2.47. The van der Waals surface area contributed by atoms with Crippen molar-refractivity contribution in [3.05, 3.63) is 23.6 Å². The maximum Gasteiger partial charge on any atom is 0.154 e. The predicted octanol–water partition coefficient (Wildman–Crippen LogP) is 1.34. The molecule has 2 heterocycles. The minimum atomic E-state index is -2.97. The van der Waals surface area contributed by atoms with E-state index in [1.165, 1.54) is 12.3 Å². The van der Waals surface area contributed by atoms with Crippen LogP contribution >= 0.6 is 0 Å². The lowest BCUT2D eigenvalue weighted by atomic mass is 10.2. The van der Waals surface area contributed by atoms with E-state index < -0.39 is 9.84 Å². The van der Waals surface area contributed by atoms with Crippen molar-refractivity contribution < 1.29 is 12.8 Å². The van der Waals surface area contributed by atoms with Gasteiger partial charge >= 0.3 is 0 Å². The van der Waals surface area contributed by atoms with E-state index in [4.69, 9.17) is 0 Å². The van der Waals surface area contributed by atoms with Crippen LogP contribution in [0.25, 0.3) is 0 Å². The number of pyridine rings is 1. The molecular formula is C14H22FN3O2S. The molecule has 0 aliphatic carbocycles. The number of hydrogen-bond acceptors (Lipinski definition) is 5. The van der Waals surface area contributed by atoms with Crippen LogP contribution in [-0.2, 0) is 16.4 Å².